The van der Waals surface area contributed by atoms with Crippen molar-refractivity contribution in [3.63, 3.8) is 0 Å². The number of halogens is 1. The van der Waals surface area contributed by atoms with Crippen LogP contribution in [0.1, 0.15) is 48.5 Å². The molecule has 0 aliphatic rings. The second kappa shape index (κ2) is 11.2. The van der Waals surface area contributed by atoms with Crippen LogP contribution in [0.2, 0.25) is 0 Å². The van der Waals surface area contributed by atoms with Gasteiger partial charge in [0.1, 0.15) is 16.7 Å². The van der Waals surface area contributed by atoms with E-state index in [1.807, 2.05) is 50.2 Å². The van der Waals surface area contributed by atoms with Crippen LogP contribution in [0.5, 0.6) is 0 Å². The van der Waals surface area contributed by atoms with Crippen LogP contribution in [0.3, 0.4) is 0 Å². The van der Waals surface area contributed by atoms with Crippen molar-refractivity contribution < 1.29 is 18.8 Å². The van der Waals surface area contributed by atoms with Crippen molar-refractivity contribution in [2.45, 2.75) is 26.4 Å². The molecule has 0 spiro atoms. The van der Waals surface area contributed by atoms with Gasteiger partial charge >= 0.3 is 0 Å². The number of nitrogens with zero attached hydrogens (tertiary/aromatic N) is 2. The molecule has 0 saturated carbocycles. The molecular formula is C28H26FN5O3S. The van der Waals surface area contributed by atoms with E-state index in [4.69, 9.17) is 11.5 Å². The first-order chi connectivity index (χ1) is 18.2. The Kier molecular flexibility index (Phi) is 7.82. The van der Waals surface area contributed by atoms with Gasteiger partial charge in [-0.15, -0.1) is 0 Å². The molecule has 0 radical (unpaired) electrons. The summed E-state index contributed by atoms with van der Waals surface area (Å²) in [7, 11) is 0. The lowest BCUT2D eigenvalue weighted by atomic mass is 10.0. The van der Waals surface area contributed by atoms with Crippen LogP contribution in [0.25, 0.3) is 0 Å². The van der Waals surface area contributed by atoms with Crippen molar-refractivity contribution in [2.24, 2.45) is 5.73 Å². The summed E-state index contributed by atoms with van der Waals surface area (Å²) in [5, 5.41) is 2.89. The van der Waals surface area contributed by atoms with Crippen LogP contribution >= 0.6 is 11.5 Å². The number of hydrogen-bond acceptors (Lipinski definition) is 6. The molecule has 1 aromatic heterocycles. The number of carbonyl (C=O) groups is 3. The maximum atomic E-state index is 14.1. The largest absolute Gasteiger partial charge is 0.395 e. The molecule has 8 nitrogen and oxygen atoms in total. The monoisotopic (exact) mass is 531 g/mol. The summed E-state index contributed by atoms with van der Waals surface area (Å²) in [6, 6.07) is 18.9. The number of nitrogens with two attached hydrogens (primary N) is 2. The molecule has 1 heterocycles. The number of anilines is 2. The fourth-order valence-electron chi connectivity index (χ4n) is 4.16. The zero-order valence-electron chi connectivity index (χ0n) is 20.8. The van der Waals surface area contributed by atoms with Crippen LogP contribution in [0.15, 0.2) is 72.8 Å². The molecule has 0 aliphatic heterocycles. The minimum Gasteiger partial charge on any atom is -0.395 e. The summed E-state index contributed by atoms with van der Waals surface area (Å²) >= 11 is 0.722. The Bertz CT molecular complexity index is 1470. The maximum Gasteiger partial charge on any atom is 0.273 e. The molecule has 0 aliphatic carbocycles. The van der Waals surface area contributed by atoms with Gasteiger partial charge in [-0.2, -0.15) is 4.37 Å². The van der Waals surface area contributed by atoms with Crippen LogP contribution in [0, 0.1) is 19.7 Å². The lowest BCUT2D eigenvalue weighted by Crippen LogP contribution is -2.44. The summed E-state index contributed by atoms with van der Waals surface area (Å²) in [6.07, 6.45) is 0. The molecule has 3 amide bonds. The fraction of sp³-hybridized carbons (Fsp3) is 0.143. The molecule has 0 saturated heterocycles. The van der Waals surface area contributed by atoms with Crippen molar-refractivity contribution in [2.75, 3.05) is 10.6 Å². The number of aryl methyl sites for hydroxylation is 2. The molecule has 1 atom stereocenters. The Hall–Kier alpha value is -4.57. The zero-order chi connectivity index (χ0) is 27.4. The normalized spacial score (nSPS) is 11.6. The van der Waals surface area contributed by atoms with Gasteiger partial charge in [0, 0.05) is 12.2 Å². The van der Waals surface area contributed by atoms with E-state index >= 15 is 0 Å². The van der Waals surface area contributed by atoms with Gasteiger partial charge < -0.3 is 16.8 Å². The van der Waals surface area contributed by atoms with E-state index < -0.39 is 29.6 Å². The summed E-state index contributed by atoms with van der Waals surface area (Å²) in [5.41, 5.74) is 14.5. The Morgan fingerprint density at radius 2 is 1.63 bits per heavy atom. The van der Waals surface area contributed by atoms with Gasteiger partial charge in [-0.3, -0.25) is 19.3 Å². The van der Waals surface area contributed by atoms with Gasteiger partial charge in [-0.25, -0.2) is 4.39 Å². The molecule has 38 heavy (non-hydrogen) atoms. The standard InChI is InChI=1S/C28H26FN5O3S/c1-16-12-17(2)14-21(13-16)34(28(37)25-22(30)23(26(31)35)33-38-25)24(19-8-10-20(29)11-9-19)27(36)32-15-18-6-4-3-5-7-18/h3-14,24H,15,30H2,1-2H3,(H2,31,35)(H,32,36)/t24-/m0/s1. The second-order valence-electron chi connectivity index (χ2n) is 8.82. The zero-order valence-corrected chi connectivity index (χ0v) is 21.6. The summed E-state index contributed by atoms with van der Waals surface area (Å²) < 4.78 is 17.8. The highest BCUT2D eigenvalue weighted by Crippen LogP contribution is 2.34. The quantitative estimate of drug-likeness (QED) is 0.312. The fourth-order valence-corrected chi connectivity index (χ4v) is 4.90. The van der Waals surface area contributed by atoms with Gasteiger partial charge in [0.05, 0.1) is 5.69 Å². The van der Waals surface area contributed by atoms with E-state index in [9.17, 15) is 18.8 Å². The van der Waals surface area contributed by atoms with E-state index in [0.717, 1.165) is 28.2 Å². The first-order valence-corrected chi connectivity index (χ1v) is 12.5. The van der Waals surface area contributed by atoms with Crippen LogP contribution in [-0.4, -0.2) is 22.1 Å². The summed E-state index contributed by atoms with van der Waals surface area (Å²) in [5.74, 6) is -2.50. The molecule has 0 bridgehead atoms. The van der Waals surface area contributed by atoms with Crippen molar-refractivity contribution in [1.29, 1.82) is 0 Å². The summed E-state index contributed by atoms with van der Waals surface area (Å²) in [6.45, 7) is 3.95. The molecule has 5 N–H and O–H groups in total. The minimum absolute atomic E-state index is 0.0408. The topological polar surface area (TPSA) is 131 Å². The summed E-state index contributed by atoms with van der Waals surface area (Å²) in [4.78, 5) is 40.9. The van der Waals surface area contributed by atoms with E-state index in [2.05, 4.69) is 9.69 Å². The third kappa shape index (κ3) is 5.70. The van der Waals surface area contributed by atoms with E-state index in [0.29, 0.717) is 11.3 Å². The lowest BCUT2D eigenvalue weighted by Gasteiger charge is -2.32. The highest BCUT2D eigenvalue weighted by Gasteiger charge is 2.36. The Morgan fingerprint density at radius 3 is 2.21 bits per heavy atom. The van der Waals surface area contributed by atoms with Crippen LogP contribution in [0.4, 0.5) is 15.8 Å². The number of hydrogen-bond donors (Lipinski definition) is 3. The molecule has 4 aromatic rings. The van der Waals surface area contributed by atoms with Gasteiger partial charge in [0.2, 0.25) is 5.91 Å². The van der Waals surface area contributed by atoms with E-state index in [-0.39, 0.29) is 22.8 Å². The van der Waals surface area contributed by atoms with Crippen molar-refractivity contribution in [1.82, 2.24) is 9.69 Å². The first-order valence-electron chi connectivity index (χ1n) is 11.7. The number of nitrogen functional groups attached to an aromatic ring is 1. The SMILES string of the molecule is Cc1cc(C)cc(N(C(=O)c2snc(C(N)=O)c2N)[C@H](C(=O)NCc2ccccc2)c2ccc(F)cc2)c1. The number of primary amides is 1. The molecular weight excluding hydrogens is 505 g/mol. The van der Waals surface area contributed by atoms with E-state index in [1.165, 1.54) is 29.2 Å². The molecule has 0 fully saturated rings. The molecule has 0 unspecified atom stereocenters. The molecule has 194 valence electrons. The third-order valence-corrected chi connectivity index (χ3v) is 6.71. The van der Waals surface area contributed by atoms with Gasteiger partial charge in [0.25, 0.3) is 11.8 Å². The number of carbonyl (C=O) groups excluding carboxylic acids is 3. The third-order valence-electron chi connectivity index (χ3n) is 5.86. The van der Waals surface area contributed by atoms with Gasteiger partial charge in [0.15, 0.2) is 5.69 Å². The molecule has 10 heteroatoms. The molecule has 4 rings (SSSR count). The van der Waals surface area contributed by atoms with Crippen molar-refractivity contribution >= 4 is 40.6 Å². The van der Waals surface area contributed by atoms with Crippen LogP contribution < -0.4 is 21.7 Å². The number of amides is 3. The van der Waals surface area contributed by atoms with Crippen LogP contribution in [-0.2, 0) is 11.3 Å². The highest BCUT2D eigenvalue weighted by molar-refractivity contribution is 7.09. The van der Waals surface area contributed by atoms with Gasteiger partial charge in [-0.1, -0.05) is 48.5 Å². The first kappa shape index (κ1) is 26.5. The number of aromatic nitrogens is 1. The average molecular weight is 532 g/mol. The predicted octanol–water partition coefficient (Wildman–Crippen LogP) is 4.28. The highest BCUT2D eigenvalue weighted by atomic mass is 32.1. The predicted molar refractivity (Wildman–Crippen MR) is 145 cm³/mol. The number of rotatable bonds is 8. The Balaban J connectivity index is 1.86. The van der Waals surface area contributed by atoms with Crippen molar-refractivity contribution in [3.8, 4) is 0 Å². The second-order valence-corrected chi connectivity index (χ2v) is 9.59. The smallest absolute Gasteiger partial charge is 0.273 e. The Labute approximate surface area is 223 Å². The number of benzene rings is 3. The average Bonchev–Trinajstić information content (AvgIpc) is 3.27. The lowest BCUT2D eigenvalue weighted by molar-refractivity contribution is -0.122. The number of nitrogens with one attached hydrogen (secondary N) is 1. The molecule has 3 aromatic carbocycles. The van der Waals surface area contributed by atoms with E-state index in [1.54, 1.807) is 12.1 Å². The Morgan fingerprint density at radius 1 is 1.00 bits per heavy atom. The van der Waals surface area contributed by atoms with Gasteiger partial charge in [-0.05, 0) is 71.9 Å². The van der Waals surface area contributed by atoms with Crippen molar-refractivity contribution in [3.05, 3.63) is 111 Å². The minimum atomic E-state index is -1.20. The maximum absolute atomic E-state index is 14.1.